The number of aromatic nitrogens is 6. The highest BCUT2D eigenvalue weighted by Crippen LogP contribution is 2.33. The molecule has 0 unspecified atom stereocenters. The number of pyridine rings is 1. The first-order chi connectivity index (χ1) is 16.5. The Bertz CT molecular complexity index is 1360. The molecule has 10 heteroatoms. The monoisotopic (exact) mass is 462 g/mol. The second-order valence-corrected chi connectivity index (χ2v) is 8.03. The maximum Gasteiger partial charge on any atom is 0.261 e. The third-order valence-electron chi connectivity index (χ3n) is 5.62. The summed E-state index contributed by atoms with van der Waals surface area (Å²) >= 11 is 0. The highest BCUT2D eigenvalue weighted by molar-refractivity contribution is 5.97. The molecule has 0 aliphatic rings. The van der Waals surface area contributed by atoms with Gasteiger partial charge in [-0.1, -0.05) is 24.6 Å². The average molecular weight is 463 g/mol. The molecule has 3 aromatic heterocycles. The fraction of sp³-hybridized carbons (Fsp3) is 0.333. The predicted molar refractivity (Wildman–Crippen MR) is 124 cm³/mol. The standard InChI is InChI=1S/C24H26N6O4/c1-3-6-19-20(11-10-18(15(2)31)22(19)32)34-14-17-8-5-12-30-23(17)25-13-16(24(30)33)7-4-9-21-26-28-29-27-21/h5,8,10-13,32H,3-4,6-7,9,14H2,1-2H3,(H,26,27,28,29). The number of aromatic amines is 1. The van der Waals surface area contributed by atoms with Crippen molar-refractivity contribution in [2.45, 2.75) is 52.6 Å². The Labute approximate surface area is 195 Å². The number of nitrogens with one attached hydrogen (secondary N) is 1. The maximum atomic E-state index is 13.0. The SMILES string of the molecule is CCCc1c(OCc2cccn3c(=O)c(CCCc4nn[nH]n4)cnc23)ccc(C(C)=O)c1O. The fourth-order valence-electron chi connectivity index (χ4n) is 3.90. The number of rotatable bonds is 10. The molecule has 4 aromatic rings. The van der Waals surface area contributed by atoms with E-state index < -0.39 is 0 Å². The van der Waals surface area contributed by atoms with E-state index in [1.165, 1.54) is 11.3 Å². The van der Waals surface area contributed by atoms with Gasteiger partial charge in [0.05, 0.1) is 5.56 Å². The van der Waals surface area contributed by atoms with E-state index in [9.17, 15) is 14.7 Å². The number of benzene rings is 1. The minimum absolute atomic E-state index is 0.0374. The summed E-state index contributed by atoms with van der Waals surface area (Å²) < 4.78 is 7.55. The molecule has 176 valence electrons. The maximum absolute atomic E-state index is 13.0. The van der Waals surface area contributed by atoms with E-state index in [4.69, 9.17) is 4.74 Å². The summed E-state index contributed by atoms with van der Waals surface area (Å²) in [6, 6.07) is 6.90. The molecule has 2 N–H and O–H groups in total. The van der Waals surface area contributed by atoms with Gasteiger partial charge in [-0.15, -0.1) is 10.2 Å². The van der Waals surface area contributed by atoms with Crippen molar-refractivity contribution in [3.63, 3.8) is 0 Å². The minimum Gasteiger partial charge on any atom is -0.507 e. The quantitative estimate of drug-likeness (QED) is 0.344. The lowest BCUT2D eigenvalue weighted by Gasteiger charge is -2.15. The van der Waals surface area contributed by atoms with Gasteiger partial charge < -0.3 is 9.84 Å². The zero-order valence-corrected chi connectivity index (χ0v) is 19.1. The molecule has 1 aromatic carbocycles. The summed E-state index contributed by atoms with van der Waals surface area (Å²) in [6.07, 6.45) is 6.51. The second-order valence-electron chi connectivity index (χ2n) is 8.03. The topological polar surface area (TPSA) is 135 Å². The van der Waals surface area contributed by atoms with Crippen LogP contribution in [0.1, 0.15) is 59.6 Å². The molecule has 0 atom stereocenters. The molecule has 0 aliphatic carbocycles. The van der Waals surface area contributed by atoms with Crippen LogP contribution in [-0.4, -0.2) is 40.9 Å². The lowest BCUT2D eigenvalue weighted by molar-refractivity contribution is 0.101. The van der Waals surface area contributed by atoms with Gasteiger partial charge in [-0.25, -0.2) is 4.98 Å². The predicted octanol–water partition coefficient (Wildman–Crippen LogP) is 2.82. The van der Waals surface area contributed by atoms with E-state index >= 15 is 0 Å². The van der Waals surface area contributed by atoms with E-state index in [0.717, 1.165) is 12.0 Å². The molecule has 3 heterocycles. The van der Waals surface area contributed by atoms with E-state index in [2.05, 4.69) is 25.6 Å². The van der Waals surface area contributed by atoms with Gasteiger partial charge in [-0.05, 0) is 44.4 Å². The van der Waals surface area contributed by atoms with Crippen LogP contribution in [0.15, 0.2) is 41.5 Å². The zero-order valence-electron chi connectivity index (χ0n) is 19.1. The van der Waals surface area contributed by atoms with Crippen LogP contribution >= 0.6 is 0 Å². The number of aromatic hydroxyl groups is 1. The number of ether oxygens (including phenoxy) is 1. The first-order valence-electron chi connectivity index (χ1n) is 11.2. The van der Waals surface area contributed by atoms with Crippen molar-refractivity contribution >= 4 is 11.4 Å². The Hall–Kier alpha value is -4.08. The number of H-pyrrole nitrogens is 1. The van der Waals surface area contributed by atoms with Gasteiger partial charge in [0.2, 0.25) is 0 Å². The molecule has 0 amide bonds. The van der Waals surface area contributed by atoms with Gasteiger partial charge in [-0.2, -0.15) is 5.21 Å². The number of nitrogens with zero attached hydrogens (tertiary/aromatic N) is 5. The van der Waals surface area contributed by atoms with Gasteiger partial charge in [-0.3, -0.25) is 14.0 Å². The summed E-state index contributed by atoms with van der Waals surface area (Å²) in [4.78, 5) is 29.3. The van der Waals surface area contributed by atoms with Gasteiger partial charge >= 0.3 is 0 Å². The third-order valence-corrected chi connectivity index (χ3v) is 5.62. The average Bonchev–Trinajstić information content (AvgIpc) is 3.34. The minimum atomic E-state index is -0.202. The molecular formula is C24H26N6O4. The van der Waals surface area contributed by atoms with Gasteiger partial charge in [0.1, 0.15) is 23.8 Å². The van der Waals surface area contributed by atoms with E-state index in [0.29, 0.717) is 54.0 Å². The normalized spacial score (nSPS) is 11.1. The number of phenolic OH excluding ortho intramolecular Hbond substituents is 1. The van der Waals surface area contributed by atoms with Crippen molar-refractivity contribution in [2.75, 3.05) is 0 Å². The summed E-state index contributed by atoms with van der Waals surface area (Å²) in [5.41, 5.74) is 2.60. The highest BCUT2D eigenvalue weighted by atomic mass is 16.5. The smallest absolute Gasteiger partial charge is 0.261 e. The lowest BCUT2D eigenvalue weighted by Crippen LogP contribution is -2.20. The van der Waals surface area contributed by atoms with Crippen molar-refractivity contribution in [2.24, 2.45) is 0 Å². The molecule has 0 saturated carbocycles. The largest absolute Gasteiger partial charge is 0.507 e. The molecule has 0 aliphatic heterocycles. The van der Waals surface area contributed by atoms with Crippen LogP contribution in [0.3, 0.4) is 0 Å². The van der Waals surface area contributed by atoms with E-state index in [1.54, 1.807) is 30.6 Å². The van der Waals surface area contributed by atoms with Crippen molar-refractivity contribution in [3.05, 3.63) is 75.1 Å². The van der Waals surface area contributed by atoms with Crippen LogP contribution in [-0.2, 0) is 25.9 Å². The van der Waals surface area contributed by atoms with E-state index in [-0.39, 0.29) is 29.3 Å². The Morgan fingerprint density at radius 3 is 2.76 bits per heavy atom. The summed E-state index contributed by atoms with van der Waals surface area (Å²) in [5.74, 6) is 0.876. The van der Waals surface area contributed by atoms with Crippen LogP contribution in [0.25, 0.3) is 5.65 Å². The Morgan fingerprint density at radius 2 is 2.03 bits per heavy atom. The Kier molecular flexibility index (Phi) is 6.95. The summed E-state index contributed by atoms with van der Waals surface area (Å²) in [6.45, 7) is 3.57. The number of carbonyl (C=O) groups excluding carboxylic acids is 1. The van der Waals surface area contributed by atoms with Gasteiger partial charge in [0, 0.05) is 35.5 Å². The van der Waals surface area contributed by atoms with E-state index in [1.807, 2.05) is 13.0 Å². The highest BCUT2D eigenvalue weighted by Gasteiger charge is 2.17. The van der Waals surface area contributed by atoms with Crippen molar-refractivity contribution in [3.8, 4) is 11.5 Å². The number of carbonyl (C=O) groups is 1. The molecule has 10 nitrogen and oxygen atoms in total. The Morgan fingerprint density at radius 1 is 1.18 bits per heavy atom. The van der Waals surface area contributed by atoms with Gasteiger partial charge in [0.25, 0.3) is 5.56 Å². The van der Waals surface area contributed by atoms with Crippen molar-refractivity contribution < 1.29 is 14.6 Å². The summed E-state index contributed by atoms with van der Waals surface area (Å²) in [5, 5.41) is 24.4. The first-order valence-corrected chi connectivity index (χ1v) is 11.2. The molecule has 0 fully saturated rings. The lowest BCUT2D eigenvalue weighted by atomic mass is 10.0. The van der Waals surface area contributed by atoms with Crippen molar-refractivity contribution in [1.29, 1.82) is 0 Å². The number of Topliss-reactive ketones (excluding diaryl/α,β-unsaturated/α-hetero) is 1. The number of hydrogen-bond acceptors (Lipinski definition) is 8. The van der Waals surface area contributed by atoms with Crippen LogP contribution in [0.2, 0.25) is 0 Å². The Balaban J connectivity index is 1.55. The van der Waals surface area contributed by atoms with Crippen molar-refractivity contribution in [1.82, 2.24) is 30.0 Å². The molecule has 0 bridgehead atoms. The third kappa shape index (κ3) is 4.80. The number of hydrogen-bond donors (Lipinski definition) is 2. The number of phenols is 1. The molecule has 4 rings (SSSR count). The summed E-state index contributed by atoms with van der Waals surface area (Å²) in [7, 11) is 0. The molecule has 0 radical (unpaired) electrons. The number of ketones is 1. The van der Waals surface area contributed by atoms with Crippen LogP contribution in [0, 0.1) is 0 Å². The van der Waals surface area contributed by atoms with Crippen LogP contribution in [0.4, 0.5) is 0 Å². The second kappa shape index (κ2) is 10.2. The van der Waals surface area contributed by atoms with Crippen LogP contribution < -0.4 is 10.3 Å². The molecular weight excluding hydrogens is 436 g/mol. The zero-order chi connectivity index (χ0) is 24.1. The molecule has 0 saturated heterocycles. The fourth-order valence-corrected chi connectivity index (χ4v) is 3.90. The number of aryl methyl sites for hydroxylation is 2. The van der Waals surface area contributed by atoms with Crippen LogP contribution in [0.5, 0.6) is 11.5 Å². The molecule has 0 spiro atoms. The molecule has 34 heavy (non-hydrogen) atoms. The number of fused-ring (bicyclic) bond motifs is 1. The number of tetrazole rings is 1. The first kappa shape index (κ1) is 23.1. The van der Waals surface area contributed by atoms with Gasteiger partial charge in [0.15, 0.2) is 11.6 Å².